The summed E-state index contributed by atoms with van der Waals surface area (Å²) in [5.41, 5.74) is 0. The van der Waals surface area contributed by atoms with Crippen molar-refractivity contribution in [3.8, 4) is 0 Å². The Morgan fingerprint density at radius 1 is 1.55 bits per heavy atom. The predicted molar refractivity (Wildman–Crippen MR) is 40.5 cm³/mol. The van der Waals surface area contributed by atoms with E-state index in [0.29, 0.717) is 56.1 Å². The van der Waals surface area contributed by atoms with Gasteiger partial charge in [-0.05, 0) is 6.92 Å². The van der Waals surface area contributed by atoms with E-state index in [1.807, 2.05) is 0 Å². The van der Waals surface area contributed by atoms with Crippen LogP contribution in [-0.4, -0.2) is 72.6 Å². The van der Waals surface area contributed by atoms with E-state index in [1.165, 1.54) is 6.92 Å². The van der Waals surface area contributed by atoms with Gasteiger partial charge in [0, 0.05) is 6.92 Å². The van der Waals surface area contributed by atoms with Crippen molar-refractivity contribution >= 4 is 60.9 Å². The van der Waals surface area contributed by atoms with E-state index >= 15 is 0 Å². The van der Waals surface area contributed by atoms with E-state index < -0.39 is 5.97 Å². The van der Waals surface area contributed by atoms with Crippen molar-refractivity contribution < 1.29 is 19.4 Å². The molecule has 0 spiro atoms. The van der Waals surface area contributed by atoms with Gasteiger partial charge in [-0.15, -0.1) is 0 Å². The number of carboxylic acid groups (broad SMARTS) is 1. The molecule has 4 nitrogen and oxygen atoms in total. The maximum absolute atomic E-state index is 9.82. The van der Waals surface area contributed by atoms with Gasteiger partial charge in [-0.25, -0.2) is 0 Å². The summed E-state index contributed by atoms with van der Waals surface area (Å²) in [6.07, 6.45) is 0. The van der Waals surface area contributed by atoms with Gasteiger partial charge in [0.25, 0.3) is 0 Å². The fourth-order valence-corrected chi connectivity index (χ4v) is 0.203. The average molecular weight is 186 g/mol. The van der Waals surface area contributed by atoms with E-state index in [0.717, 1.165) is 0 Å². The molecular weight excluding hydrogens is 175 g/mol. The summed E-state index contributed by atoms with van der Waals surface area (Å²) in [7, 11) is 0. The van der Waals surface area contributed by atoms with Crippen molar-refractivity contribution in [3.63, 3.8) is 0 Å². The van der Waals surface area contributed by atoms with Gasteiger partial charge in [0.15, 0.2) is 0 Å². The van der Waals surface area contributed by atoms with Crippen LogP contribution in [0.1, 0.15) is 13.8 Å². The molecule has 0 saturated carbocycles. The second kappa shape index (κ2) is 10.6. The third kappa shape index (κ3) is 25.0. The molecule has 11 heavy (non-hydrogen) atoms. The van der Waals surface area contributed by atoms with Crippen molar-refractivity contribution in [2.24, 2.45) is 0 Å². The van der Waals surface area contributed by atoms with Gasteiger partial charge in [0.1, 0.15) is 0 Å². The molecular formula is C6H11KO4. The Kier molecular flexibility index (Phi) is 13.6. The van der Waals surface area contributed by atoms with Crippen LogP contribution in [0.5, 0.6) is 0 Å². The van der Waals surface area contributed by atoms with Crippen molar-refractivity contribution in [1.29, 1.82) is 0 Å². The maximum atomic E-state index is 9.82. The third-order valence-electron chi connectivity index (χ3n) is 0.650. The number of carbonyl (C=O) groups is 2. The monoisotopic (exact) mass is 186 g/mol. The Balaban J connectivity index is 0. The second-order valence-electron chi connectivity index (χ2n) is 1.67. The topological polar surface area (TPSA) is 63.6 Å². The first-order valence-corrected chi connectivity index (χ1v) is 5.60. The first-order chi connectivity index (χ1) is 5.04. The zero-order chi connectivity index (χ0) is 9.28. The minimum absolute atomic E-state index is 0.211. The van der Waals surface area contributed by atoms with Gasteiger partial charge >= 0.3 is 71.3 Å². The average Bonchev–Trinajstić information content (AvgIpc) is 1.89. The van der Waals surface area contributed by atoms with E-state index in [-0.39, 0.29) is 5.97 Å². The van der Waals surface area contributed by atoms with Crippen LogP contribution in [0, 0.1) is 0 Å². The summed E-state index contributed by atoms with van der Waals surface area (Å²) in [5, 5.41) is 7.77. The van der Waals surface area contributed by atoms with E-state index in [9.17, 15) is 9.59 Å². The fraction of sp³-hybridized carbons (Fsp3) is 0.667. The molecule has 60 valence electrons. The van der Waals surface area contributed by atoms with Gasteiger partial charge in [-0.1, -0.05) is 0 Å². The molecule has 0 aromatic rings. The number of carboxylic acids is 1. The van der Waals surface area contributed by atoms with Gasteiger partial charge in [0.2, 0.25) is 0 Å². The van der Waals surface area contributed by atoms with Crippen molar-refractivity contribution in [2.45, 2.75) is 14.4 Å². The summed E-state index contributed by atoms with van der Waals surface area (Å²) < 4.78 is 4.81. The molecule has 0 heterocycles. The number of aliphatic carboxylic acids is 1. The molecule has 0 rings (SSSR count). The van der Waals surface area contributed by atoms with Crippen LogP contribution >= 0.6 is 0 Å². The Bertz CT molecular complexity index is 124. The van der Waals surface area contributed by atoms with Crippen LogP contribution in [0.15, 0.2) is 0 Å². The van der Waals surface area contributed by atoms with Gasteiger partial charge in [-0.3, -0.25) is 4.79 Å². The summed E-state index contributed by atoms with van der Waals surface area (Å²) in [6.45, 7) is 3.65. The van der Waals surface area contributed by atoms with E-state index in [4.69, 9.17) is 5.11 Å². The van der Waals surface area contributed by atoms with Crippen molar-refractivity contribution in [3.05, 3.63) is 0 Å². The number of esters is 1. The van der Waals surface area contributed by atoms with Crippen LogP contribution in [0.4, 0.5) is 0 Å². The molecule has 0 radical (unpaired) electrons. The first kappa shape index (κ1) is 14.1. The molecule has 0 aliphatic carbocycles. The summed E-state index contributed by atoms with van der Waals surface area (Å²) in [4.78, 5) is 19.2. The molecule has 0 aromatic heterocycles. The standard InChI is InChI=1S/C4H8O2.C2H3O2.K/c1-3-6-4(2)5;1-2(3)4;/h3H2,1-2H3;1H2,(H,3,4);. The zero-order valence-electron chi connectivity index (χ0n) is 7.09. The van der Waals surface area contributed by atoms with Crippen molar-refractivity contribution in [2.75, 3.05) is 6.61 Å². The SMILES string of the molecule is CCOC(C)=O.O=C(O)[CH2][K]. The molecule has 0 aliphatic heterocycles. The molecule has 0 unspecified atom stereocenters. The van der Waals surface area contributed by atoms with Crippen LogP contribution < -0.4 is 0 Å². The molecule has 5 heteroatoms. The van der Waals surface area contributed by atoms with E-state index in [1.54, 1.807) is 6.92 Å². The van der Waals surface area contributed by atoms with Gasteiger partial charge in [-0.2, -0.15) is 0 Å². The minimum atomic E-state index is -0.662. The normalized spacial score (nSPS) is 7.64. The third-order valence-corrected chi connectivity index (χ3v) is 1.59. The van der Waals surface area contributed by atoms with E-state index in [2.05, 4.69) is 4.74 Å². The zero-order valence-corrected chi connectivity index (χ0v) is 10.2. The van der Waals surface area contributed by atoms with Gasteiger partial charge < -0.3 is 4.74 Å². The number of hydrogen-bond donors (Lipinski definition) is 1. The fourth-order valence-electron chi connectivity index (χ4n) is 0.203. The summed E-state index contributed by atoms with van der Waals surface area (Å²) in [5.74, 6) is -0.873. The predicted octanol–water partition coefficient (Wildman–Crippen LogP) is 0.227. The molecule has 0 saturated heterocycles. The summed E-state index contributed by atoms with van der Waals surface area (Å²) in [6, 6.07) is 0. The number of carbonyl (C=O) groups excluding carboxylic acids is 1. The van der Waals surface area contributed by atoms with Crippen LogP contribution in [0.25, 0.3) is 0 Å². The first-order valence-electron chi connectivity index (χ1n) is 3.39. The quantitative estimate of drug-likeness (QED) is 0.495. The molecule has 0 aliphatic rings. The van der Waals surface area contributed by atoms with Crippen molar-refractivity contribution in [1.82, 2.24) is 0 Å². The number of rotatable bonds is 2. The van der Waals surface area contributed by atoms with Gasteiger partial charge in [0.05, 0.1) is 6.61 Å². The summed E-state index contributed by atoms with van der Waals surface area (Å²) >= 11 is 0.485. The molecule has 0 aromatic carbocycles. The van der Waals surface area contributed by atoms with Crippen LogP contribution in [-0.2, 0) is 14.3 Å². The molecule has 0 bridgehead atoms. The van der Waals surface area contributed by atoms with Crippen LogP contribution in [0.2, 0.25) is 0.515 Å². The Morgan fingerprint density at radius 2 is 1.91 bits per heavy atom. The molecule has 0 fully saturated rings. The number of hydrogen-bond acceptors (Lipinski definition) is 3. The second-order valence-corrected chi connectivity index (χ2v) is 2.78. The van der Waals surface area contributed by atoms with Crippen LogP contribution in [0.3, 0.4) is 0 Å². The number of ether oxygens (including phenoxy) is 1. The Hall–Kier alpha value is 0.576. The Morgan fingerprint density at radius 3 is 1.91 bits per heavy atom. The molecule has 0 atom stereocenters. The molecule has 1 N–H and O–H groups in total. The Labute approximate surface area is 99.9 Å². The molecule has 0 amide bonds.